The summed E-state index contributed by atoms with van der Waals surface area (Å²) >= 11 is 0. The van der Waals surface area contributed by atoms with Crippen LogP contribution < -0.4 is 10.5 Å². The van der Waals surface area contributed by atoms with Crippen LogP contribution in [0.5, 0.6) is 5.75 Å². The van der Waals surface area contributed by atoms with Gasteiger partial charge in [0.25, 0.3) is 0 Å². The van der Waals surface area contributed by atoms with Crippen LogP contribution in [0.3, 0.4) is 0 Å². The fraction of sp³-hybridized carbons (Fsp3) is 0.632. The van der Waals surface area contributed by atoms with E-state index in [1.807, 2.05) is 31.3 Å². The molecule has 0 aromatic heterocycles. The molecule has 2 N–H and O–H groups in total. The predicted octanol–water partition coefficient (Wildman–Crippen LogP) is 3.10. The maximum absolute atomic E-state index is 12.2. The van der Waals surface area contributed by atoms with Crippen molar-refractivity contribution in [1.82, 2.24) is 4.90 Å². The number of nitrogens with zero attached hydrogens (tertiary/aromatic N) is 1. The molecule has 1 aromatic carbocycles. The van der Waals surface area contributed by atoms with Gasteiger partial charge in [-0.2, -0.15) is 0 Å². The van der Waals surface area contributed by atoms with Crippen LogP contribution in [0.1, 0.15) is 39.7 Å². The van der Waals surface area contributed by atoms with Crippen LogP contribution >= 0.6 is 0 Å². The van der Waals surface area contributed by atoms with Crippen LogP contribution in [0.15, 0.2) is 24.3 Å². The topological polar surface area (TPSA) is 55.6 Å². The standard InChI is InChI=1S/C19H32N2O2/c1-14(2)13-23-17-8-6-16(7-9-17)12-19(22)21(5)11-10-18(20)15(3)4/h6-9,14-15,18H,10-13,20H2,1-5H3. The molecule has 1 rings (SSSR count). The average molecular weight is 320 g/mol. The molecule has 1 aromatic rings. The second-order valence-corrected chi connectivity index (χ2v) is 7.04. The van der Waals surface area contributed by atoms with E-state index in [0.717, 1.165) is 17.7 Å². The molecule has 130 valence electrons. The first-order chi connectivity index (χ1) is 10.8. The first kappa shape index (κ1) is 19.5. The number of nitrogens with two attached hydrogens (primary N) is 1. The van der Waals surface area contributed by atoms with E-state index in [4.69, 9.17) is 10.5 Å². The lowest BCUT2D eigenvalue weighted by molar-refractivity contribution is -0.129. The number of hydrogen-bond donors (Lipinski definition) is 1. The minimum atomic E-state index is 0.122. The molecular weight excluding hydrogens is 288 g/mol. The fourth-order valence-corrected chi connectivity index (χ4v) is 2.08. The Balaban J connectivity index is 2.44. The van der Waals surface area contributed by atoms with E-state index in [1.165, 1.54) is 0 Å². The number of likely N-dealkylation sites (N-methyl/N-ethyl adjacent to an activating group) is 1. The van der Waals surface area contributed by atoms with E-state index in [-0.39, 0.29) is 11.9 Å². The number of ether oxygens (including phenoxy) is 1. The lowest BCUT2D eigenvalue weighted by Crippen LogP contribution is -2.35. The highest BCUT2D eigenvalue weighted by atomic mass is 16.5. The van der Waals surface area contributed by atoms with Crippen LogP contribution in [-0.4, -0.2) is 37.0 Å². The van der Waals surface area contributed by atoms with Gasteiger partial charge in [0.05, 0.1) is 13.0 Å². The molecule has 0 aliphatic heterocycles. The quantitative estimate of drug-likeness (QED) is 0.760. The SMILES string of the molecule is CC(C)COc1ccc(CC(=O)N(C)CCC(N)C(C)C)cc1. The molecule has 0 radical (unpaired) electrons. The Morgan fingerprint density at radius 1 is 1.17 bits per heavy atom. The molecule has 4 nitrogen and oxygen atoms in total. The zero-order chi connectivity index (χ0) is 17.4. The second kappa shape index (κ2) is 9.56. The third-order valence-electron chi connectivity index (χ3n) is 3.94. The Labute approximate surface area is 141 Å². The summed E-state index contributed by atoms with van der Waals surface area (Å²) in [6.45, 7) is 9.86. The molecule has 0 spiro atoms. The van der Waals surface area contributed by atoms with Gasteiger partial charge in [0.15, 0.2) is 0 Å². The van der Waals surface area contributed by atoms with Gasteiger partial charge in [-0.05, 0) is 36.0 Å². The zero-order valence-electron chi connectivity index (χ0n) is 15.2. The van der Waals surface area contributed by atoms with Gasteiger partial charge in [0.1, 0.15) is 5.75 Å². The van der Waals surface area contributed by atoms with Crippen LogP contribution in [0, 0.1) is 11.8 Å². The number of carbonyl (C=O) groups excluding carboxylic acids is 1. The Kier molecular flexibility index (Phi) is 8.10. The molecule has 0 heterocycles. The molecule has 4 heteroatoms. The van der Waals surface area contributed by atoms with Gasteiger partial charge in [-0.25, -0.2) is 0 Å². The average Bonchev–Trinajstić information content (AvgIpc) is 2.51. The maximum atomic E-state index is 12.2. The van der Waals surface area contributed by atoms with E-state index >= 15 is 0 Å². The summed E-state index contributed by atoms with van der Waals surface area (Å²) < 4.78 is 5.65. The van der Waals surface area contributed by atoms with Crippen molar-refractivity contribution in [2.45, 2.75) is 46.6 Å². The lowest BCUT2D eigenvalue weighted by atomic mass is 10.0. The summed E-state index contributed by atoms with van der Waals surface area (Å²) in [5.74, 6) is 1.92. The molecule has 1 unspecified atom stereocenters. The fourth-order valence-electron chi connectivity index (χ4n) is 2.08. The third-order valence-corrected chi connectivity index (χ3v) is 3.94. The summed E-state index contributed by atoms with van der Waals surface area (Å²) in [6, 6.07) is 7.92. The maximum Gasteiger partial charge on any atom is 0.226 e. The van der Waals surface area contributed by atoms with Crippen LogP contribution in [0.2, 0.25) is 0 Å². The summed E-state index contributed by atoms with van der Waals surface area (Å²) in [6.07, 6.45) is 1.25. The van der Waals surface area contributed by atoms with E-state index in [9.17, 15) is 4.79 Å². The molecule has 0 aliphatic carbocycles. The molecule has 0 fully saturated rings. The van der Waals surface area contributed by atoms with E-state index in [0.29, 0.717) is 31.4 Å². The van der Waals surface area contributed by atoms with Crippen LogP contribution in [0.4, 0.5) is 0 Å². The molecule has 0 aliphatic rings. The minimum absolute atomic E-state index is 0.122. The number of amides is 1. The smallest absolute Gasteiger partial charge is 0.226 e. The highest BCUT2D eigenvalue weighted by Gasteiger charge is 2.13. The molecule has 1 amide bonds. The summed E-state index contributed by atoms with van der Waals surface area (Å²) in [4.78, 5) is 14.0. The Morgan fingerprint density at radius 2 is 1.78 bits per heavy atom. The van der Waals surface area contributed by atoms with Crippen LogP contribution in [-0.2, 0) is 11.2 Å². The van der Waals surface area contributed by atoms with E-state index in [2.05, 4.69) is 27.7 Å². The summed E-state index contributed by atoms with van der Waals surface area (Å²) in [7, 11) is 1.84. The van der Waals surface area contributed by atoms with Gasteiger partial charge in [-0.3, -0.25) is 4.79 Å². The third kappa shape index (κ3) is 7.51. The largest absolute Gasteiger partial charge is 0.493 e. The summed E-state index contributed by atoms with van der Waals surface area (Å²) in [5, 5.41) is 0. The summed E-state index contributed by atoms with van der Waals surface area (Å²) in [5.41, 5.74) is 7.04. The van der Waals surface area contributed by atoms with Gasteiger partial charge in [-0.15, -0.1) is 0 Å². The predicted molar refractivity (Wildman–Crippen MR) is 95.5 cm³/mol. The second-order valence-electron chi connectivity index (χ2n) is 7.04. The number of carbonyl (C=O) groups is 1. The zero-order valence-corrected chi connectivity index (χ0v) is 15.2. The number of rotatable bonds is 9. The highest BCUT2D eigenvalue weighted by molar-refractivity contribution is 5.78. The Hall–Kier alpha value is -1.55. The molecule has 1 atom stereocenters. The van der Waals surface area contributed by atoms with Crippen molar-refractivity contribution >= 4 is 5.91 Å². The van der Waals surface area contributed by atoms with Crippen molar-refractivity contribution < 1.29 is 9.53 Å². The van der Waals surface area contributed by atoms with Gasteiger partial charge < -0.3 is 15.4 Å². The van der Waals surface area contributed by atoms with Crippen molar-refractivity contribution in [3.05, 3.63) is 29.8 Å². The molecule has 0 saturated carbocycles. The number of benzene rings is 1. The Bertz CT molecular complexity index is 469. The van der Waals surface area contributed by atoms with Crippen molar-refractivity contribution in [1.29, 1.82) is 0 Å². The lowest BCUT2D eigenvalue weighted by Gasteiger charge is -2.21. The van der Waals surface area contributed by atoms with Gasteiger partial charge in [-0.1, -0.05) is 39.8 Å². The van der Waals surface area contributed by atoms with E-state index in [1.54, 1.807) is 4.90 Å². The first-order valence-corrected chi connectivity index (χ1v) is 8.51. The molecular formula is C19H32N2O2. The van der Waals surface area contributed by atoms with Crippen molar-refractivity contribution in [2.24, 2.45) is 17.6 Å². The first-order valence-electron chi connectivity index (χ1n) is 8.51. The van der Waals surface area contributed by atoms with Crippen LogP contribution in [0.25, 0.3) is 0 Å². The minimum Gasteiger partial charge on any atom is -0.493 e. The van der Waals surface area contributed by atoms with Crippen molar-refractivity contribution in [3.63, 3.8) is 0 Å². The molecule has 0 bridgehead atoms. The molecule has 0 saturated heterocycles. The Morgan fingerprint density at radius 3 is 2.30 bits per heavy atom. The highest BCUT2D eigenvalue weighted by Crippen LogP contribution is 2.14. The normalized spacial score (nSPS) is 12.5. The van der Waals surface area contributed by atoms with Gasteiger partial charge in [0.2, 0.25) is 5.91 Å². The van der Waals surface area contributed by atoms with Crippen molar-refractivity contribution in [3.8, 4) is 5.75 Å². The van der Waals surface area contributed by atoms with Gasteiger partial charge >= 0.3 is 0 Å². The van der Waals surface area contributed by atoms with Gasteiger partial charge in [0, 0.05) is 19.6 Å². The molecule has 23 heavy (non-hydrogen) atoms. The monoisotopic (exact) mass is 320 g/mol. The number of hydrogen-bond acceptors (Lipinski definition) is 3. The van der Waals surface area contributed by atoms with E-state index < -0.39 is 0 Å². The van der Waals surface area contributed by atoms with Crippen molar-refractivity contribution in [2.75, 3.05) is 20.2 Å².